The molecule has 28 heavy (non-hydrogen) atoms. The van der Waals surface area contributed by atoms with Crippen LogP contribution in [0, 0.1) is 0 Å². The molecular weight excluding hydrogens is 376 g/mol. The number of aliphatic hydroxyl groups excluding tert-OH is 1. The summed E-state index contributed by atoms with van der Waals surface area (Å²) in [6.45, 7) is 7.52. The second kappa shape index (κ2) is 14.7. The van der Waals surface area contributed by atoms with Crippen molar-refractivity contribution in [2.24, 2.45) is 0 Å². The van der Waals surface area contributed by atoms with Crippen molar-refractivity contribution in [3.05, 3.63) is 28.8 Å². The highest BCUT2D eigenvalue weighted by Crippen LogP contribution is 2.25. The second-order valence-corrected chi connectivity index (χ2v) is 7.96. The van der Waals surface area contributed by atoms with E-state index in [1.165, 1.54) is 32.1 Å². The first-order chi connectivity index (χ1) is 13.4. The first-order valence-electron chi connectivity index (χ1n) is 10.6. The molecule has 5 nitrogen and oxygen atoms in total. The maximum Gasteiger partial charge on any atom is 0.251 e. The van der Waals surface area contributed by atoms with Gasteiger partial charge in [0.25, 0.3) is 5.91 Å². The maximum absolute atomic E-state index is 12.2. The number of carbonyl (C=O) groups is 1. The molecule has 1 amide bonds. The van der Waals surface area contributed by atoms with E-state index in [9.17, 15) is 9.90 Å². The summed E-state index contributed by atoms with van der Waals surface area (Å²) in [5.74, 6) is 0.342. The van der Waals surface area contributed by atoms with E-state index in [0.717, 1.165) is 12.8 Å². The normalized spacial score (nSPS) is 12.2. The van der Waals surface area contributed by atoms with E-state index in [1.807, 2.05) is 13.8 Å². The van der Waals surface area contributed by atoms with Gasteiger partial charge in [0.15, 0.2) is 0 Å². The van der Waals surface area contributed by atoms with Crippen LogP contribution in [0.25, 0.3) is 0 Å². The van der Waals surface area contributed by atoms with Gasteiger partial charge in [-0.05, 0) is 24.6 Å². The van der Waals surface area contributed by atoms with Crippen LogP contribution < -0.4 is 15.4 Å². The van der Waals surface area contributed by atoms with Crippen LogP contribution in [0.15, 0.2) is 18.2 Å². The number of unbranched alkanes of at least 4 members (excludes halogenated alkanes) is 6. The molecule has 1 rings (SSSR count). The van der Waals surface area contributed by atoms with Crippen molar-refractivity contribution in [2.75, 3.05) is 19.7 Å². The molecule has 0 radical (unpaired) electrons. The van der Waals surface area contributed by atoms with Crippen molar-refractivity contribution in [2.45, 2.75) is 77.9 Å². The monoisotopic (exact) mass is 412 g/mol. The van der Waals surface area contributed by atoms with Gasteiger partial charge in [-0.3, -0.25) is 4.79 Å². The average Bonchev–Trinajstić information content (AvgIpc) is 2.67. The lowest BCUT2D eigenvalue weighted by Gasteiger charge is -2.16. The van der Waals surface area contributed by atoms with Crippen molar-refractivity contribution >= 4 is 17.5 Å². The van der Waals surface area contributed by atoms with Gasteiger partial charge in [0, 0.05) is 24.7 Å². The van der Waals surface area contributed by atoms with Gasteiger partial charge >= 0.3 is 0 Å². The third-order valence-electron chi connectivity index (χ3n) is 4.45. The number of nitrogens with one attached hydrogen (secondary N) is 2. The van der Waals surface area contributed by atoms with Gasteiger partial charge in [0.1, 0.15) is 18.5 Å². The number of hydrogen-bond acceptors (Lipinski definition) is 4. The number of halogens is 1. The van der Waals surface area contributed by atoms with Crippen LogP contribution >= 0.6 is 11.6 Å². The molecule has 1 aromatic carbocycles. The van der Waals surface area contributed by atoms with Gasteiger partial charge in [-0.25, -0.2) is 0 Å². The second-order valence-electron chi connectivity index (χ2n) is 7.55. The first-order valence-corrected chi connectivity index (χ1v) is 10.9. The third kappa shape index (κ3) is 10.9. The molecule has 0 saturated heterocycles. The molecule has 1 unspecified atom stereocenters. The summed E-state index contributed by atoms with van der Waals surface area (Å²) in [6, 6.07) is 5.28. The Labute approximate surface area is 175 Å². The lowest BCUT2D eigenvalue weighted by Crippen LogP contribution is -2.35. The smallest absolute Gasteiger partial charge is 0.251 e. The fourth-order valence-electron chi connectivity index (χ4n) is 2.76. The van der Waals surface area contributed by atoms with Crippen molar-refractivity contribution < 1.29 is 14.6 Å². The Bertz CT molecular complexity index is 567. The predicted octanol–water partition coefficient (Wildman–Crippen LogP) is 4.56. The minimum absolute atomic E-state index is 0.124. The Morgan fingerprint density at radius 2 is 1.82 bits per heavy atom. The van der Waals surface area contributed by atoms with Crippen molar-refractivity contribution in [1.82, 2.24) is 10.6 Å². The van der Waals surface area contributed by atoms with E-state index < -0.39 is 6.10 Å². The van der Waals surface area contributed by atoms with Gasteiger partial charge in [0.05, 0.1) is 5.02 Å². The zero-order valence-corrected chi connectivity index (χ0v) is 18.4. The summed E-state index contributed by atoms with van der Waals surface area (Å²) in [5, 5.41) is 16.4. The van der Waals surface area contributed by atoms with Crippen LogP contribution in [-0.4, -0.2) is 42.9 Å². The summed E-state index contributed by atoms with van der Waals surface area (Å²) in [4.78, 5) is 12.2. The third-order valence-corrected chi connectivity index (χ3v) is 4.75. The standard InChI is InChI=1S/C22H37ClN2O3/c1-4-5-6-7-8-9-10-13-24-22(27)18-11-12-21(20(23)14-18)28-16-19(26)15-25-17(2)3/h11-12,14,17,19,25-26H,4-10,13,15-16H2,1-3H3,(H,24,27). The average molecular weight is 413 g/mol. The highest BCUT2D eigenvalue weighted by molar-refractivity contribution is 6.32. The Balaban J connectivity index is 2.31. The fourth-order valence-corrected chi connectivity index (χ4v) is 3.00. The minimum Gasteiger partial charge on any atom is -0.489 e. The molecule has 0 aliphatic rings. The fraction of sp³-hybridized carbons (Fsp3) is 0.682. The number of benzene rings is 1. The van der Waals surface area contributed by atoms with E-state index in [-0.39, 0.29) is 12.5 Å². The molecule has 0 fully saturated rings. The topological polar surface area (TPSA) is 70.6 Å². The van der Waals surface area contributed by atoms with E-state index in [2.05, 4.69) is 17.6 Å². The molecule has 1 aromatic rings. The number of ether oxygens (including phenoxy) is 1. The Kier molecular flexibility index (Phi) is 13.0. The summed E-state index contributed by atoms with van der Waals surface area (Å²) in [7, 11) is 0. The van der Waals surface area contributed by atoms with Gasteiger partial charge in [-0.2, -0.15) is 0 Å². The van der Waals surface area contributed by atoms with Gasteiger partial charge in [-0.1, -0.05) is 70.9 Å². The van der Waals surface area contributed by atoms with E-state index in [0.29, 0.717) is 35.5 Å². The molecule has 3 N–H and O–H groups in total. The Morgan fingerprint density at radius 3 is 2.46 bits per heavy atom. The summed E-state index contributed by atoms with van der Waals surface area (Å²) in [5.41, 5.74) is 0.516. The van der Waals surface area contributed by atoms with Crippen LogP contribution in [0.3, 0.4) is 0 Å². The summed E-state index contributed by atoms with van der Waals surface area (Å²) >= 11 is 6.23. The van der Waals surface area contributed by atoms with Gasteiger partial charge in [-0.15, -0.1) is 0 Å². The lowest BCUT2D eigenvalue weighted by atomic mass is 10.1. The van der Waals surface area contributed by atoms with Crippen molar-refractivity contribution in [3.8, 4) is 5.75 Å². The van der Waals surface area contributed by atoms with E-state index in [4.69, 9.17) is 16.3 Å². The maximum atomic E-state index is 12.2. The van der Waals surface area contributed by atoms with Crippen molar-refractivity contribution in [1.29, 1.82) is 0 Å². The molecule has 0 aliphatic carbocycles. The Morgan fingerprint density at radius 1 is 1.14 bits per heavy atom. The SMILES string of the molecule is CCCCCCCCCNC(=O)c1ccc(OCC(O)CNC(C)C)c(Cl)c1. The summed E-state index contributed by atoms with van der Waals surface area (Å²) in [6.07, 6.45) is 7.90. The van der Waals surface area contributed by atoms with Crippen LogP contribution in [0.5, 0.6) is 5.75 Å². The summed E-state index contributed by atoms with van der Waals surface area (Å²) < 4.78 is 5.57. The number of hydrogen-bond donors (Lipinski definition) is 3. The largest absolute Gasteiger partial charge is 0.489 e. The zero-order chi connectivity index (χ0) is 20.8. The van der Waals surface area contributed by atoms with Crippen LogP contribution in [0.2, 0.25) is 5.02 Å². The molecule has 0 heterocycles. The number of carbonyl (C=O) groups excluding carboxylic acids is 1. The zero-order valence-electron chi connectivity index (χ0n) is 17.6. The number of amides is 1. The molecule has 0 bridgehead atoms. The van der Waals surface area contributed by atoms with E-state index in [1.54, 1.807) is 18.2 Å². The highest BCUT2D eigenvalue weighted by atomic mass is 35.5. The number of rotatable bonds is 15. The molecule has 0 saturated carbocycles. The quantitative estimate of drug-likeness (QED) is 0.369. The van der Waals surface area contributed by atoms with E-state index >= 15 is 0 Å². The van der Waals surface area contributed by atoms with Gasteiger partial charge in [0.2, 0.25) is 0 Å². The Hall–Kier alpha value is -1.30. The first kappa shape index (κ1) is 24.7. The molecule has 1 atom stereocenters. The predicted molar refractivity (Wildman–Crippen MR) is 116 cm³/mol. The van der Waals surface area contributed by atoms with Crippen LogP contribution in [-0.2, 0) is 0 Å². The molecule has 6 heteroatoms. The molecular formula is C22H37ClN2O3. The molecule has 160 valence electrons. The molecule has 0 aromatic heterocycles. The lowest BCUT2D eigenvalue weighted by molar-refractivity contribution is 0.0951. The highest BCUT2D eigenvalue weighted by Gasteiger charge is 2.11. The van der Waals surface area contributed by atoms with Crippen LogP contribution in [0.4, 0.5) is 0 Å². The minimum atomic E-state index is -0.622. The molecule has 0 aliphatic heterocycles. The number of aliphatic hydroxyl groups is 1. The van der Waals surface area contributed by atoms with Gasteiger partial charge < -0.3 is 20.5 Å². The van der Waals surface area contributed by atoms with Crippen molar-refractivity contribution in [3.63, 3.8) is 0 Å². The van der Waals surface area contributed by atoms with Crippen LogP contribution in [0.1, 0.15) is 76.1 Å². The molecule has 0 spiro atoms.